The van der Waals surface area contributed by atoms with E-state index in [9.17, 15) is 5.26 Å². The van der Waals surface area contributed by atoms with Crippen LogP contribution in [0.25, 0.3) is 16.7 Å². The highest BCUT2D eigenvalue weighted by atomic mass is 15.1. The lowest BCUT2D eigenvalue weighted by Crippen LogP contribution is -2.31. The van der Waals surface area contributed by atoms with Crippen molar-refractivity contribution in [3.8, 4) is 6.07 Å². The second-order valence-electron chi connectivity index (χ2n) is 7.71. The number of hydrogen-bond donors (Lipinski definition) is 2. The fourth-order valence-corrected chi connectivity index (χ4v) is 4.02. The lowest BCUT2D eigenvalue weighted by molar-refractivity contribution is -0.465. The van der Waals surface area contributed by atoms with E-state index in [0.29, 0.717) is 5.56 Å². The maximum Gasteiger partial charge on any atom is 0.250 e. The molecule has 0 bridgehead atoms. The number of anilines is 1. The van der Waals surface area contributed by atoms with Crippen LogP contribution in [0.15, 0.2) is 36.4 Å². The molecule has 3 rings (SSSR count). The van der Waals surface area contributed by atoms with Gasteiger partial charge in [0, 0.05) is 12.1 Å². The van der Waals surface area contributed by atoms with Crippen molar-refractivity contribution in [1.82, 2.24) is 9.88 Å². The van der Waals surface area contributed by atoms with E-state index in [1.807, 2.05) is 26.0 Å². The zero-order valence-corrected chi connectivity index (χ0v) is 18.1. The average molecular weight is 391 g/mol. The molecule has 5 heteroatoms. The summed E-state index contributed by atoms with van der Waals surface area (Å²) in [6.07, 6.45) is 1.82. The van der Waals surface area contributed by atoms with Crippen molar-refractivity contribution < 1.29 is 4.40 Å². The number of imidazole rings is 1. The monoisotopic (exact) mass is 390 g/mol. The first-order valence-corrected chi connectivity index (χ1v) is 10.5. The Morgan fingerprint density at radius 2 is 2.00 bits per heavy atom. The molecule has 152 valence electrons. The Bertz CT molecular complexity index is 1070. The molecule has 0 atom stereocenters. The van der Waals surface area contributed by atoms with Gasteiger partial charge in [-0.3, -0.25) is 4.98 Å². The van der Waals surface area contributed by atoms with Gasteiger partial charge in [-0.05, 0) is 57.5 Å². The highest BCUT2D eigenvalue weighted by molar-refractivity contribution is 5.78. The van der Waals surface area contributed by atoms with Gasteiger partial charge in [0.2, 0.25) is 11.5 Å². The van der Waals surface area contributed by atoms with E-state index in [4.69, 9.17) is 0 Å². The molecule has 0 saturated heterocycles. The summed E-state index contributed by atoms with van der Waals surface area (Å²) in [5, 5.41) is 13.6. The van der Waals surface area contributed by atoms with Gasteiger partial charge in [0.05, 0.1) is 6.54 Å². The van der Waals surface area contributed by atoms with E-state index in [1.165, 1.54) is 0 Å². The van der Waals surface area contributed by atoms with Crippen molar-refractivity contribution in [2.45, 2.75) is 40.5 Å². The van der Waals surface area contributed by atoms with E-state index < -0.39 is 0 Å². The van der Waals surface area contributed by atoms with Crippen LogP contribution in [0, 0.1) is 18.3 Å². The third-order valence-electron chi connectivity index (χ3n) is 5.62. The molecule has 3 aromatic rings. The van der Waals surface area contributed by atoms with Crippen molar-refractivity contribution in [3.05, 3.63) is 53.1 Å². The van der Waals surface area contributed by atoms with Crippen molar-refractivity contribution in [2.75, 3.05) is 31.5 Å². The Morgan fingerprint density at radius 3 is 2.66 bits per heavy atom. The molecule has 0 amide bonds. The minimum Gasteiger partial charge on any atom is -0.305 e. The Hall–Kier alpha value is -2.84. The smallest absolute Gasteiger partial charge is 0.250 e. The highest BCUT2D eigenvalue weighted by Crippen LogP contribution is 2.27. The molecular formula is C24H32N5+. The minimum atomic E-state index is 0.700. The maximum atomic E-state index is 9.89. The van der Waals surface area contributed by atoms with Crippen LogP contribution in [-0.2, 0) is 6.42 Å². The number of aromatic nitrogens is 2. The van der Waals surface area contributed by atoms with Crippen LogP contribution in [0.5, 0.6) is 0 Å². The molecule has 1 aromatic carbocycles. The fourth-order valence-electron chi connectivity index (χ4n) is 4.02. The summed E-state index contributed by atoms with van der Waals surface area (Å²) < 4.78 is 2.18. The van der Waals surface area contributed by atoms with E-state index in [-0.39, 0.29) is 0 Å². The number of nitrogens with one attached hydrogen (secondary N) is 2. The standard InChI is InChI=1S/C24H31N5/c1-6-28(7-2)14-10-13-26-23-19(15-17(3)4)18(5)20(16-25)24-27-21-11-8-9-12-22(21)29(23)24/h8-9,11-12H,3,6-7,10,13-15H2,1-2,4-5H3,(H,26,27)/p+1. The summed E-state index contributed by atoms with van der Waals surface area (Å²) in [5.41, 5.74) is 6.92. The number of rotatable bonds is 9. The molecule has 5 nitrogen and oxygen atoms in total. The fraction of sp³-hybridized carbons (Fsp3) is 0.417. The van der Waals surface area contributed by atoms with Gasteiger partial charge in [0.1, 0.15) is 22.7 Å². The van der Waals surface area contributed by atoms with Gasteiger partial charge >= 0.3 is 0 Å². The number of pyridine rings is 1. The SMILES string of the molecule is C=C(C)Cc1c(C)c(C#N)c2[nH]c3ccccc3[n+]2c1NCCCN(CC)CC. The Morgan fingerprint density at radius 1 is 1.28 bits per heavy atom. The van der Waals surface area contributed by atoms with Gasteiger partial charge in [-0.15, -0.1) is 0 Å². The largest absolute Gasteiger partial charge is 0.305 e. The molecule has 0 radical (unpaired) electrons. The predicted octanol–water partition coefficient (Wildman–Crippen LogP) is 4.35. The lowest BCUT2D eigenvalue weighted by Gasteiger charge is -2.18. The Balaban J connectivity index is 2.11. The third kappa shape index (κ3) is 4.13. The number of benzene rings is 1. The number of nitriles is 1. The molecule has 2 heterocycles. The van der Waals surface area contributed by atoms with Crippen LogP contribution >= 0.6 is 0 Å². The van der Waals surface area contributed by atoms with Crippen molar-refractivity contribution in [1.29, 1.82) is 5.26 Å². The van der Waals surface area contributed by atoms with Crippen molar-refractivity contribution in [3.63, 3.8) is 0 Å². The van der Waals surface area contributed by atoms with Crippen LogP contribution in [0.1, 0.15) is 43.9 Å². The maximum absolute atomic E-state index is 9.89. The number of para-hydroxylation sites is 2. The van der Waals surface area contributed by atoms with Gasteiger partial charge in [-0.2, -0.15) is 9.66 Å². The molecule has 0 fully saturated rings. The molecule has 0 unspecified atom stereocenters. The molecule has 0 aliphatic rings. The van der Waals surface area contributed by atoms with E-state index in [1.54, 1.807) is 0 Å². The van der Waals surface area contributed by atoms with Gasteiger partial charge in [0.25, 0.3) is 0 Å². The van der Waals surface area contributed by atoms with Gasteiger partial charge < -0.3 is 10.2 Å². The Kier molecular flexibility index (Phi) is 6.56. The lowest BCUT2D eigenvalue weighted by atomic mass is 9.99. The summed E-state index contributed by atoms with van der Waals surface area (Å²) in [6.45, 7) is 16.7. The summed E-state index contributed by atoms with van der Waals surface area (Å²) in [6, 6.07) is 10.6. The number of aromatic amines is 1. The van der Waals surface area contributed by atoms with Crippen LogP contribution < -0.4 is 9.72 Å². The van der Waals surface area contributed by atoms with E-state index in [2.05, 4.69) is 58.2 Å². The minimum absolute atomic E-state index is 0.700. The normalized spacial score (nSPS) is 11.3. The number of allylic oxidation sites excluding steroid dienone is 1. The first-order valence-electron chi connectivity index (χ1n) is 10.5. The number of hydrogen-bond acceptors (Lipinski definition) is 3. The van der Waals surface area contributed by atoms with Crippen molar-refractivity contribution >= 4 is 22.5 Å². The second-order valence-corrected chi connectivity index (χ2v) is 7.71. The number of H-pyrrole nitrogens is 1. The molecule has 0 aliphatic carbocycles. The van der Waals surface area contributed by atoms with Crippen LogP contribution in [0.3, 0.4) is 0 Å². The van der Waals surface area contributed by atoms with Gasteiger partial charge in [-0.1, -0.05) is 38.1 Å². The summed E-state index contributed by atoms with van der Waals surface area (Å²) in [5.74, 6) is 1.07. The van der Waals surface area contributed by atoms with Crippen LogP contribution in [0.4, 0.5) is 5.82 Å². The summed E-state index contributed by atoms with van der Waals surface area (Å²) >= 11 is 0. The molecule has 2 aromatic heterocycles. The quantitative estimate of drug-likeness (QED) is 0.324. The third-order valence-corrected chi connectivity index (χ3v) is 5.62. The second kappa shape index (κ2) is 9.11. The zero-order chi connectivity index (χ0) is 21.0. The first-order chi connectivity index (χ1) is 14.0. The molecule has 0 saturated carbocycles. The number of nitrogens with zero attached hydrogens (tertiary/aromatic N) is 3. The summed E-state index contributed by atoms with van der Waals surface area (Å²) in [4.78, 5) is 5.90. The molecular weight excluding hydrogens is 358 g/mol. The van der Waals surface area contributed by atoms with Gasteiger partial charge in [-0.25, -0.2) is 0 Å². The van der Waals surface area contributed by atoms with E-state index in [0.717, 1.165) is 78.2 Å². The average Bonchev–Trinajstić information content (AvgIpc) is 3.09. The number of fused-ring (bicyclic) bond motifs is 3. The van der Waals surface area contributed by atoms with Crippen LogP contribution in [-0.4, -0.2) is 36.1 Å². The molecule has 0 aliphatic heterocycles. The molecule has 0 spiro atoms. The topological polar surface area (TPSA) is 59.0 Å². The van der Waals surface area contributed by atoms with Crippen molar-refractivity contribution in [2.24, 2.45) is 0 Å². The molecule has 29 heavy (non-hydrogen) atoms. The first kappa shape index (κ1) is 20.9. The molecule has 2 N–H and O–H groups in total. The zero-order valence-electron chi connectivity index (χ0n) is 18.1. The van der Waals surface area contributed by atoms with E-state index >= 15 is 0 Å². The van der Waals surface area contributed by atoms with Gasteiger partial charge in [0.15, 0.2) is 0 Å². The Labute approximate surface area is 173 Å². The predicted molar refractivity (Wildman–Crippen MR) is 120 cm³/mol. The van der Waals surface area contributed by atoms with Crippen LogP contribution in [0.2, 0.25) is 0 Å². The summed E-state index contributed by atoms with van der Waals surface area (Å²) in [7, 11) is 0. The highest BCUT2D eigenvalue weighted by Gasteiger charge is 2.25.